The molecule has 0 spiro atoms. The molecule has 0 saturated carbocycles. The molecule has 0 unspecified atom stereocenters. The molecule has 2 N–H and O–H groups in total. The molecule has 1 rings (SSSR count). The monoisotopic (exact) mass is 203 g/mol. The summed E-state index contributed by atoms with van der Waals surface area (Å²) < 4.78 is 0. The molecule has 0 aromatic heterocycles. The first-order chi connectivity index (χ1) is 5.59. The van der Waals surface area contributed by atoms with E-state index in [0.717, 1.165) is 5.56 Å². The third kappa shape index (κ3) is 2.40. The molecule has 0 fully saturated rings. The highest BCUT2D eigenvalue weighted by molar-refractivity contribution is 6.42. The van der Waals surface area contributed by atoms with E-state index < -0.39 is 0 Å². The molecule has 0 aliphatic heterocycles. The van der Waals surface area contributed by atoms with Crippen molar-refractivity contribution in [1.29, 1.82) is 0 Å². The minimum Gasteiger partial charge on any atom is -0.369 e. The van der Waals surface area contributed by atoms with Crippen molar-refractivity contribution in [3.8, 4) is 0 Å². The van der Waals surface area contributed by atoms with Gasteiger partial charge in [-0.05, 0) is 17.7 Å². The predicted octanol–water partition coefficient (Wildman–Crippen LogP) is 2.02. The zero-order chi connectivity index (χ0) is 9.14. The maximum atomic E-state index is 10.5. The summed E-state index contributed by atoms with van der Waals surface area (Å²) in [5.74, 6) is -0.381. The van der Waals surface area contributed by atoms with Crippen LogP contribution in [-0.2, 0) is 11.2 Å². The second-order valence-corrected chi connectivity index (χ2v) is 3.21. The van der Waals surface area contributed by atoms with E-state index >= 15 is 0 Å². The molecule has 64 valence electrons. The molecular weight excluding hydrogens is 197 g/mol. The third-order valence-corrected chi connectivity index (χ3v) is 2.10. The van der Waals surface area contributed by atoms with E-state index in [2.05, 4.69) is 0 Å². The number of hydrogen-bond donors (Lipinski definition) is 1. The summed E-state index contributed by atoms with van der Waals surface area (Å²) in [5, 5.41) is 0.917. The Morgan fingerprint density at radius 3 is 2.50 bits per heavy atom. The molecule has 0 atom stereocenters. The number of carbonyl (C=O) groups is 1. The van der Waals surface area contributed by atoms with E-state index in [1.807, 2.05) is 0 Å². The summed E-state index contributed by atoms with van der Waals surface area (Å²) in [4.78, 5) is 10.5. The van der Waals surface area contributed by atoms with Gasteiger partial charge < -0.3 is 5.73 Å². The number of amides is 1. The first-order valence-corrected chi connectivity index (χ1v) is 4.07. The molecular formula is C8H7Cl2NO. The zero-order valence-electron chi connectivity index (χ0n) is 6.18. The Hall–Kier alpha value is -0.730. The number of carbonyl (C=O) groups excluding carboxylic acids is 1. The minimum atomic E-state index is -0.381. The normalized spacial score (nSPS) is 9.83. The molecule has 2 nitrogen and oxygen atoms in total. The van der Waals surface area contributed by atoms with E-state index in [1.165, 1.54) is 0 Å². The van der Waals surface area contributed by atoms with Crippen LogP contribution in [0.25, 0.3) is 0 Å². The molecule has 1 aromatic rings. The van der Waals surface area contributed by atoms with Crippen LogP contribution in [0.2, 0.25) is 10.0 Å². The highest BCUT2D eigenvalue weighted by atomic mass is 35.5. The fraction of sp³-hybridized carbons (Fsp3) is 0.125. The van der Waals surface area contributed by atoms with Crippen molar-refractivity contribution < 1.29 is 4.79 Å². The maximum absolute atomic E-state index is 10.5. The quantitative estimate of drug-likeness (QED) is 0.786. The lowest BCUT2D eigenvalue weighted by atomic mass is 10.1. The van der Waals surface area contributed by atoms with Crippen LogP contribution in [0, 0.1) is 0 Å². The van der Waals surface area contributed by atoms with Crippen LogP contribution >= 0.6 is 23.2 Å². The molecule has 4 heteroatoms. The molecule has 0 aliphatic carbocycles. The van der Waals surface area contributed by atoms with Crippen molar-refractivity contribution >= 4 is 29.1 Å². The molecule has 12 heavy (non-hydrogen) atoms. The topological polar surface area (TPSA) is 43.1 Å². The van der Waals surface area contributed by atoms with Crippen molar-refractivity contribution in [2.75, 3.05) is 0 Å². The maximum Gasteiger partial charge on any atom is 0.221 e. The molecule has 1 amide bonds. The summed E-state index contributed by atoms with van der Waals surface area (Å²) in [6.07, 6.45) is 0.191. The van der Waals surface area contributed by atoms with E-state index in [-0.39, 0.29) is 12.3 Å². The average molecular weight is 204 g/mol. The van der Waals surface area contributed by atoms with Gasteiger partial charge in [-0.15, -0.1) is 0 Å². The second kappa shape index (κ2) is 3.78. The lowest BCUT2D eigenvalue weighted by Gasteiger charge is -1.99. The summed E-state index contributed by atoms with van der Waals surface area (Å²) >= 11 is 11.4. The van der Waals surface area contributed by atoms with Gasteiger partial charge in [-0.25, -0.2) is 0 Å². The van der Waals surface area contributed by atoms with Crippen molar-refractivity contribution in [3.63, 3.8) is 0 Å². The first kappa shape index (κ1) is 9.36. The Morgan fingerprint density at radius 1 is 1.33 bits per heavy atom. The van der Waals surface area contributed by atoms with E-state index in [1.54, 1.807) is 18.2 Å². The SMILES string of the molecule is NC(=O)Cc1ccc(Cl)c(Cl)c1. The lowest BCUT2D eigenvalue weighted by Crippen LogP contribution is -2.13. The fourth-order valence-corrected chi connectivity index (χ4v) is 1.17. The van der Waals surface area contributed by atoms with Crippen LogP contribution in [0.4, 0.5) is 0 Å². The number of nitrogens with two attached hydrogens (primary N) is 1. The van der Waals surface area contributed by atoms with Gasteiger partial charge in [-0.3, -0.25) is 4.79 Å². The van der Waals surface area contributed by atoms with Gasteiger partial charge in [-0.1, -0.05) is 29.3 Å². The van der Waals surface area contributed by atoms with E-state index in [0.29, 0.717) is 10.0 Å². The van der Waals surface area contributed by atoms with Gasteiger partial charge in [0.15, 0.2) is 0 Å². The van der Waals surface area contributed by atoms with Gasteiger partial charge in [0.05, 0.1) is 16.5 Å². The summed E-state index contributed by atoms with van der Waals surface area (Å²) in [7, 11) is 0. The first-order valence-electron chi connectivity index (χ1n) is 3.32. The standard InChI is InChI=1S/C8H7Cl2NO/c9-6-2-1-5(3-7(6)10)4-8(11)12/h1-3H,4H2,(H2,11,12). The van der Waals surface area contributed by atoms with Crippen LogP contribution in [0.15, 0.2) is 18.2 Å². The van der Waals surface area contributed by atoms with Gasteiger partial charge in [0.25, 0.3) is 0 Å². The van der Waals surface area contributed by atoms with Crippen molar-refractivity contribution in [2.24, 2.45) is 5.73 Å². The van der Waals surface area contributed by atoms with Crippen LogP contribution in [0.3, 0.4) is 0 Å². The Labute approximate surface area is 80.3 Å². The molecule has 1 aromatic carbocycles. The van der Waals surface area contributed by atoms with Crippen LogP contribution in [0.5, 0.6) is 0 Å². The second-order valence-electron chi connectivity index (χ2n) is 2.39. The number of rotatable bonds is 2. The molecule has 0 bridgehead atoms. The Kier molecular flexibility index (Phi) is 2.95. The number of primary amides is 1. The molecule has 0 saturated heterocycles. The number of halogens is 2. The Balaban J connectivity index is 2.89. The lowest BCUT2D eigenvalue weighted by molar-refractivity contribution is -0.117. The van der Waals surface area contributed by atoms with E-state index in [4.69, 9.17) is 28.9 Å². The smallest absolute Gasteiger partial charge is 0.221 e. The average Bonchev–Trinajstić information content (AvgIpc) is 1.96. The van der Waals surface area contributed by atoms with Gasteiger partial charge in [0, 0.05) is 0 Å². The Bertz CT molecular complexity index is 312. The van der Waals surface area contributed by atoms with E-state index in [9.17, 15) is 4.79 Å². The highest BCUT2D eigenvalue weighted by Crippen LogP contribution is 2.22. The van der Waals surface area contributed by atoms with Crippen LogP contribution in [-0.4, -0.2) is 5.91 Å². The number of hydrogen-bond acceptors (Lipinski definition) is 1. The van der Waals surface area contributed by atoms with Gasteiger partial charge in [0.2, 0.25) is 5.91 Å². The summed E-state index contributed by atoms with van der Waals surface area (Å²) in [6.45, 7) is 0. The number of benzene rings is 1. The van der Waals surface area contributed by atoms with Gasteiger partial charge >= 0.3 is 0 Å². The van der Waals surface area contributed by atoms with Gasteiger partial charge in [-0.2, -0.15) is 0 Å². The Morgan fingerprint density at radius 2 is 2.00 bits per heavy atom. The van der Waals surface area contributed by atoms with Crippen LogP contribution in [0.1, 0.15) is 5.56 Å². The van der Waals surface area contributed by atoms with Crippen molar-refractivity contribution in [3.05, 3.63) is 33.8 Å². The molecule has 0 heterocycles. The summed E-state index contributed by atoms with van der Waals surface area (Å²) in [5.41, 5.74) is 5.77. The van der Waals surface area contributed by atoms with Crippen molar-refractivity contribution in [1.82, 2.24) is 0 Å². The molecule has 0 radical (unpaired) electrons. The zero-order valence-corrected chi connectivity index (χ0v) is 7.69. The minimum absolute atomic E-state index is 0.191. The van der Waals surface area contributed by atoms with Crippen LogP contribution < -0.4 is 5.73 Å². The van der Waals surface area contributed by atoms with Crippen molar-refractivity contribution in [2.45, 2.75) is 6.42 Å². The highest BCUT2D eigenvalue weighted by Gasteiger charge is 2.01. The fourth-order valence-electron chi connectivity index (χ4n) is 0.851. The summed E-state index contributed by atoms with van der Waals surface area (Å²) in [6, 6.07) is 5.00. The third-order valence-electron chi connectivity index (χ3n) is 1.36. The predicted molar refractivity (Wildman–Crippen MR) is 49.4 cm³/mol. The largest absolute Gasteiger partial charge is 0.369 e. The molecule has 0 aliphatic rings. The van der Waals surface area contributed by atoms with Gasteiger partial charge in [0.1, 0.15) is 0 Å².